The molecule has 0 aliphatic heterocycles. The first-order chi connectivity index (χ1) is 9.56. The van der Waals surface area contributed by atoms with Crippen molar-refractivity contribution in [3.05, 3.63) is 6.92 Å². The molecule has 20 heavy (non-hydrogen) atoms. The van der Waals surface area contributed by atoms with Crippen LogP contribution in [0.4, 0.5) is 0 Å². The van der Waals surface area contributed by atoms with Crippen LogP contribution in [0.3, 0.4) is 0 Å². The standard InChI is InChI=1S/C18H37O2/c1-5-6-7-8-9-10-11-12-13-14-15-16-17-19-20-18(2,3)4/h1,5-17H2,2-4H3. The van der Waals surface area contributed by atoms with E-state index in [9.17, 15) is 0 Å². The van der Waals surface area contributed by atoms with Crippen molar-refractivity contribution < 1.29 is 9.78 Å². The second-order valence-electron chi connectivity index (χ2n) is 6.76. The lowest BCUT2D eigenvalue weighted by Crippen LogP contribution is -2.19. The van der Waals surface area contributed by atoms with Crippen LogP contribution in [-0.4, -0.2) is 12.2 Å². The summed E-state index contributed by atoms with van der Waals surface area (Å²) in [5, 5.41) is 0. The van der Waals surface area contributed by atoms with Gasteiger partial charge in [0, 0.05) is 0 Å². The van der Waals surface area contributed by atoms with Gasteiger partial charge in [-0.1, -0.05) is 77.6 Å². The van der Waals surface area contributed by atoms with Crippen molar-refractivity contribution in [3.63, 3.8) is 0 Å². The maximum atomic E-state index is 5.23. The zero-order valence-corrected chi connectivity index (χ0v) is 14.2. The van der Waals surface area contributed by atoms with Crippen LogP contribution in [0.2, 0.25) is 0 Å². The summed E-state index contributed by atoms with van der Waals surface area (Å²) in [5.41, 5.74) is -0.187. The minimum Gasteiger partial charge on any atom is -0.236 e. The topological polar surface area (TPSA) is 18.5 Å². The molecule has 0 heterocycles. The van der Waals surface area contributed by atoms with Gasteiger partial charge in [-0.2, -0.15) is 0 Å². The third-order valence-corrected chi connectivity index (χ3v) is 3.29. The molecule has 0 atom stereocenters. The van der Waals surface area contributed by atoms with Gasteiger partial charge in [0.1, 0.15) is 0 Å². The van der Waals surface area contributed by atoms with Crippen LogP contribution in [0.1, 0.15) is 97.8 Å². The minimum absolute atomic E-state index is 0.187. The highest BCUT2D eigenvalue weighted by molar-refractivity contribution is 4.54. The maximum absolute atomic E-state index is 5.23. The predicted molar refractivity (Wildman–Crippen MR) is 87.6 cm³/mol. The van der Waals surface area contributed by atoms with Crippen molar-refractivity contribution in [2.75, 3.05) is 6.61 Å². The van der Waals surface area contributed by atoms with Gasteiger partial charge in [0.25, 0.3) is 0 Å². The molecular formula is C18H37O2. The zero-order chi connectivity index (χ0) is 15.1. The third kappa shape index (κ3) is 17.9. The maximum Gasteiger partial charge on any atom is 0.0952 e. The molecule has 2 heteroatoms. The zero-order valence-electron chi connectivity index (χ0n) is 14.2. The number of hydrogen-bond donors (Lipinski definition) is 0. The van der Waals surface area contributed by atoms with Crippen molar-refractivity contribution in [1.29, 1.82) is 0 Å². The fourth-order valence-corrected chi connectivity index (χ4v) is 2.15. The highest BCUT2D eigenvalue weighted by atomic mass is 17.2. The molecule has 1 radical (unpaired) electrons. The van der Waals surface area contributed by atoms with Gasteiger partial charge in [-0.05, 0) is 27.2 Å². The Morgan fingerprint density at radius 2 is 1.05 bits per heavy atom. The largest absolute Gasteiger partial charge is 0.236 e. The molecule has 0 unspecified atom stereocenters. The molecule has 0 rings (SSSR count). The molecule has 0 bridgehead atoms. The van der Waals surface area contributed by atoms with Crippen molar-refractivity contribution in [2.24, 2.45) is 0 Å². The average molecular weight is 285 g/mol. The molecular weight excluding hydrogens is 248 g/mol. The van der Waals surface area contributed by atoms with Gasteiger partial charge in [-0.3, -0.25) is 0 Å². The fraction of sp³-hybridized carbons (Fsp3) is 0.944. The first-order valence-corrected chi connectivity index (χ1v) is 8.66. The van der Waals surface area contributed by atoms with Gasteiger partial charge < -0.3 is 0 Å². The van der Waals surface area contributed by atoms with E-state index in [-0.39, 0.29) is 5.60 Å². The molecule has 0 aliphatic rings. The third-order valence-electron chi connectivity index (χ3n) is 3.29. The second kappa shape index (κ2) is 13.9. The summed E-state index contributed by atoms with van der Waals surface area (Å²) in [6, 6.07) is 0. The molecule has 0 aromatic carbocycles. The quantitative estimate of drug-likeness (QED) is 0.213. The van der Waals surface area contributed by atoms with Gasteiger partial charge in [0.05, 0.1) is 12.2 Å². The summed E-state index contributed by atoms with van der Waals surface area (Å²) in [6.07, 6.45) is 15.9. The van der Waals surface area contributed by atoms with E-state index < -0.39 is 0 Å². The Morgan fingerprint density at radius 1 is 0.650 bits per heavy atom. The van der Waals surface area contributed by atoms with Gasteiger partial charge in [-0.25, -0.2) is 9.78 Å². The Kier molecular flexibility index (Phi) is 13.8. The van der Waals surface area contributed by atoms with Crippen LogP contribution < -0.4 is 0 Å². The van der Waals surface area contributed by atoms with Crippen LogP contribution in [0.15, 0.2) is 0 Å². The Balaban J connectivity index is 2.99. The first-order valence-electron chi connectivity index (χ1n) is 8.66. The Morgan fingerprint density at radius 3 is 1.45 bits per heavy atom. The number of hydrogen-bond acceptors (Lipinski definition) is 2. The number of unbranched alkanes of at least 4 members (excludes halogenated alkanes) is 11. The van der Waals surface area contributed by atoms with Gasteiger partial charge in [0.15, 0.2) is 0 Å². The van der Waals surface area contributed by atoms with Crippen molar-refractivity contribution in [3.8, 4) is 0 Å². The lowest BCUT2D eigenvalue weighted by Gasteiger charge is -2.17. The van der Waals surface area contributed by atoms with E-state index in [1.807, 2.05) is 20.8 Å². The minimum atomic E-state index is -0.187. The van der Waals surface area contributed by atoms with Crippen LogP contribution >= 0.6 is 0 Å². The summed E-state index contributed by atoms with van der Waals surface area (Å²) in [7, 11) is 0. The average Bonchev–Trinajstić information content (AvgIpc) is 2.38. The molecule has 0 aromatic heterocycles. The van der Waals surface area contributed by atoms with Crippen LogP contribution in [0.25, 0.3) is 0 Å². The van der Waals surface area contributed by atoms with E-state index in [4.69, 9.17) is 9.78 Å². The van der Waals surface area contributed by atoms with Crippen molar-refractivity contribution >= 4 is 0 Å². The monoisotopic (exact) mass is 285 g/mol. The normalized spacial score (nSPS) is 12.0. The van der Waals surface area contributed by atoms with E-state index in [2.05, 4.69) is 6.92 Å². The van der Waals surface area contributed by atoms with Crippen molar-refractivity contribution in [2.45, 2.75) is 103 Å². The molecule has 0 aliphatic carbocycles. The van der Waals surface area contributed by atoms with Crippen LogP contribution in [0, 0.1) is 6.92 Å². The van der Waals surface area contributed by atoms with E-state index in [1.54, 1.807) is 0 Å². The van der Waals surface area contributed by atoms with Gasteiger partial charge in [0.2, 0.25) is 0 Å². The summed E-state index contributed by atoms with van der Waals surface area (Å²) < 4.78 is 0. The molecule has 121 valence electrons. The lowest BCUT2D eigenvalue weighted by atomic mass is 10.1. The van der Waals surface area contributed by atoms with Gasteiger partial charge in [-0.15, -0.1) is 0 Å². The molecule has 0 spiro atoms. The Bertz CT molecular complexity index is 184. The highest BCUT2D eigenvalue weighted by Crippen LogP contribution is 2.12. The number of rotatable bonds is 14. The summed E-state index contributed by atoms with van der Waals surface area (Å²) >= 11 is 0. The lowest BCUT2D eigenvalue weighted by molar-refractivity contribution is -0.348. The smallest absolute Gasteiger partial charge is 0.0952 e. The molecule has 0 aromatic rings. The molecule has 0 N–H and O–H groups in total. The second-order valence-corrected chi connectivity index (χ2v) is 6.76. The molecule has 0 saturated heterocycles. The van der Waals surface area contributed by atoms with Crippen LogP contribution in [0.5, 0.6) is 0 Å². The SMILES string of the molecule is [CH2]CCCCCCCCCCCCCOOC(C)(C)C. The van der Waals surface area contributed by atoms with Crippen molar-refractivity contribution in [1.82, 2.24) is 0 Å². The summed E-state index contributed by atoms with van der Waals surface area (Å²) in [6.45, 7) is 10.6. The van der Waals surface area contributed by atoms with Gasteiger partial charge >= 0.3 is 0 Å². The Labute approximate surface area is 127 Å². The fourth-order valence-electron chi connectivity index (χ4n) is 2.15. The summed E-state index contributed by atoms with van der Waals surface area (Å²) in [4.78, 5) is 10.4. The highest BCUT2D eigenvalue weighted by Gasteiger charge is 2.10. The summed E-state index contributed by atoms with van der Waals surface area (Å²) in [5.74, 6) is 0. The van der Waals surface area contributed by atoms with E-state index in [0.29, 0.717) is 0 Å². The molecule has 0 fully saturated rings. The Hall–Kier alpha value is -0.0800. The molecule has 0 saturated carbocycles. The van der Waals surface area contributed by atoms with E-state index in [1.165, 1.54) is 64.2 Å². The molecule has 0 amide bonds. The predicted octanol–water partition coefficient (Wildman–Crippen LogP) is 6.25. The molecule has 2 nitrogen and oxygen atoms in total. The first kappa shape index (κ1) is 19.9. The van der Waals surface area contributed by atoms with E-state index >= 15 is 0 Å². The van der Waals surface area contributed by atoms with E-state index in [0.717, 1.165) is 19.4 Å². The van der Waals surface area contributed by atoms with Crippen LogP contribution in [-0.2, 0) is 9.78 Å².